The molecule has 1 aromatic carbocycles. The molecule has 2 N–H and O–H groups in total. The van der Waals surface area contributed by atoms with Gasteiger partial charge < -0.3 is 10.4 Å². The van der Waals surface area contributed by atoms with Gasteiger partial charge in [-0.05, 0) is 24.3 Å². The van der Waals surface area contributed by atoms with E-state index in [1.165, 1.54) is 24.3 Å². The molecule has 0 saturated carbocycles. The molecule has 114 valence electrons. The molecular formula is C12H13ClN2O5S. The lowest BCUT2D eigenvalue weighted by Crippen LogP contribution is -2.57. The first-order chi connectivity index (χ1) is 9.82. The van der Waals surface area contributed by atoms with Gasteiger partial charge >= 0.3 is 5.97 Å². The maximum absolute atomic E-state index is 12.5. The van der Waals surface area contributed by atoms with Crippen molar-refractivity contribution in [1.82, 2.24) is 9.62 Å². The van der Waals surface area contributed by atoms with Gasteiger partial charge in [0.1, 0.15) is 6.04 Å². The third-order valence-electron chi connectivity index (χ3n) is 3.07. The summed E-state index contributed by atoms with van der Waals surface area (Å²) in [5.74, 6) is -1.85. The van der Waals surface area contributed by atoms with Gasteiger partial charge in [0.25, 0.3) is 0 Å². The van der Waals surface area contributed by atoms with Gasteiger partial charge in [-0.2, -0.15) is 4.31 Å². The SMILES string of the molecule is O=C(O)CC1C(=O)NCCN1S(=O)(=O)c1ccc(Cl)cc1. The summed E-state index contributed by atoms with van der Waals surface area (Å²) in [6, 6.07) is 4.23. The number of sulfonamides is 1. The Hall–Kier alpha value is -1.64. The monoisotopic (exact) mass is 332 g/mol. The zero-order valence-electron chi connectivity index (χ0n) is 10.8. The maximum Gasteiger partial charge on any atom is 0.305 e. The van der Waals surface area contributed by atoms with E-state index < -0.39 is 34.4 Å². The van der Waals surface area contributed by atoms with E-state index in [-0.39, 0.29) is 18.0 Å². The van der Waals surface area contributed by atoms with Crippen molar-refractivity contribution in [2.75, 3.05) is 13.1 Å². The highest BCUT2D eigenvalue weighted by molar-refractivity contribution is 7.89. The Balaban J connectivity index is 2.38. The third kappa shape index (κ3) is 3.34. The normalized spacial score (nSPS) is 20.0. The van der Waals surface area contributed by atoms with Crippen LogP contribution in [-0.2, 0) is 19.6 Å². The Bertz CT molecular complexity index is 659. The predicted octanol–water partition coefficient (Wildman–Crippen LogP) is 0.304. The second-order valence-electron chi connectivity index (χ2n) is 4.47. The van der Waals surface area contributed by atoms with Crippen LogP contribution in [0.3, 0.4) is 0 Å². The lowest BCUT2D eigenvalue weighted by molar-refractivity contribution is -0.141. The maximum atomic E-state index is 12.5. The summed E-state index contributed by atoms with van der Waals surface area (Å²) >= 11 is 5.72. The molecule has 1 unspecified atom stereocenters. The van der Waals surface area contributed by atoms with Crippen molar-refractivity contribution in [2.45, 2.75) is 17.4 Å². The fourth-order valence-corrected chi connectivity index (χ4v) is 3.80. The number of halogens is 1. The first-order valence-corrected chi connectivity index (χ1v) is 7.91. The number of hydrogen-bond donors (Lipinski definition) is 2. The molecule has 1 aromatic rings. The lowest BCUT2D eigenvalue weighted by atomic mass is 10.1. The third-order valence-corrected chi connectivity index (χ3v) is 5.24. The predicted molar refractivity (Wildman–Crippen MR) is 74.4 cm³/mol. The minimum Gasteiger partial charge on any atom is -0.481 e. The standard InChI is InChI=1S/C12H13ClN2O5S/c13-8-1-3-9(4-2-8)21(19,20)15-6-5-14-12(18)10(15)7-11(16)17/h1-4,10H,5-7H2,(H,14,18)(H,16,17). The molecule has 21 heavy (non-hydrogen) atoms. The number of carbonyl (C=O) groups excluding carboxylic acids is 1. The minimum atomic E-state index is -3.96. The number of nitrogens with one attached hydrogen (secondary N) is 1. The molecule has 1 fully saturated rings. The van der Waals surface area contributed by atoms with Gasteiger partial charge in [-0.15, -0.1) is 0 Å². The second-order valence-corrected chi connectivity index (χ2v) is 6.80. The summed E-state index contributed by atoms with van der Waals surface area (Å²) in [5, 5.41) is 11.7. The van der Waals surface area contributed by atoms with Gasteiger partial charge in [0.05, 0.1) is 11.3 Å². The average Bonchev–Trinajstić information content (AvgIpc) is 2.41. The average molecular weight is 333 g/mol. The summed E-state index contributed by atoms with van der Waals surface area (Å²) in [7, 11) is -3.96. The number of carboxylic acid groups (broad SMARTS) is 1. The Morgan fingerprint density at radius 3 is 2.57 bits per heavy atom. The van der Waals surface area contributed by atoms with Gasteiger partial charge in [-0.1, -0.05) is 11.6 Å². The van der Waals surface area contributed by atoms with E-state index in [0.717, 1.165) is 4.31 Å². The molecule has 0 bridgehead atoms. The molecular weight excluding hydrogens is 320 g/mol. The fourth-order valence-electron chi connectivity index (χ4n) is 2.08. The van der Waals surface area contributed by atoms with E-state index in [2.05, 4.69) is 5.32 Å². The number of hydrogen-bond acceptors (Lipinski definition) is 4. The van der Waals surface area contributed by atoms with Crippen molar-refractivity contribution in [1.29, 1.82) is 0 Å². The molecule has 7 nitrogen and oxygen atoms in total. The first kappa shape index (κ1) is 15.7. The minimum absolute atomic E-state index is 0.0225. The van der Waals surface area contributed by atoms with Crippen LogP contribution in [0.2, 0.25) is 5.02 Å². The van der Waals surface area contributed by atoms with Crippen LogP contribution in [0, 0.1) is 0 Å². The van der Waals surface area contributed by atoms with Gasteiger partial charge in [0.15, 0.2) is 0 Å². The Labute approximate surface area is 126 Å². The summed E-state index contributed by atoms with van der Waals surface area (Å²) in [5.41, 5.74) is 0. The van der Waals surface area contributed by atoms with E-state index >= 15 is 0 Å². The zero-order chi connectivity index (χ0) is 15.6. The van der Waals surface area contributed by atoms with Crippen LogP contribution in [0.25, 0.3) is 0 Å². The molecule has 1 heterocycles. The molecule has 0 aromatic heterocycles. The van der Waals surface area contributed by atoms with Crippen LogP contribution in [0.1, 0.15) is 6.42 Å². The number of aliphatic carboxylic acids is 1. The second kappa shape index (κ2) is 6.00. The number of carboxylic acids is 1. The molecule has 0 aliphatic carbocycles. The lowest BCUT2D eigenvalue weighted by Gasteiger charge is -2.33. The van der Waals surface area contributed by atoms with Gasteiger partial charge in [0.2, 0.25) is 15.9 Å². The molecule has 1 aliphatic rings. The van der Waals surface area contributed by atoms with Crippen molar-refractivity contribution in [3.63, 3.8) is 0 Å². The van der Waals surface area contributed by atoms with Crippen LogP contribution in [-0.4, -0.2) is 48.8 Å². The van der Waals surface area contributed by atoms with E-state index in [4.69, 9.17) is 16.7 Å². The number of rotatable bonds is 4. The molecule has 1 atom stereocenters. The highest BCUT2D eigenvalue weighted by Gasteiger charge is 2.39. The highest BCUT2D eigenvalue weighted by Crippen LogP contribution is 2.22. The van der Waals surface area contributed by atoms with Gasteiger partial charge in [-0.25, -0.2) is 8.42 Å². The quantitative estimate of drug-likeness (QED) is 0.825. The largest absolute Gasteiger partial charge is 0.481 e. The van der Waals surface area contributed by atoms with E-state index in [9.17, 15) is 18.0 Å². The molecule has 9 heteroatoms. The molecule has 0 radical (unpaired) electrons. The number of nitrogens with zero attached hydrogens (tertiary/aromatic N) is 1. The van der Waals surface area contributed by atoms with Gasteiger partial charge in [0, 0.05) is 18.1 Å². The smallest absolute Gasteiger partial charge is 0.305 e. The molecule has 0 spiro atoms. The molecule has 1 amide bonds. The Kier molecular flexibility index (Phi) is 4.50. The van der Waals surface area contributed by atoms with E-state index in [1.807, 2.05) is 0 Å². The number of amides is 1. The van der Waals surface area contributed by atoms with Crippen molar-refractivity contribution in [2.24, 2.45) is 0 Å². The van der Waals surface area contributed by atoms with Crippen LogP contribution in [0.15, 0.2) is 29.2 Å². The fraction of sp³-hybridized carbons (Fsp3) is 0.333. The van der Waals surface area contributed by atoms with Crippen molar-refractivity contribution < 1.29 is 23.1 Å². The number of carbonyl (C=O) groups is 2. The number of benzene rings is 1. The van der Waals surface area contributed by atoms with Crippen LogP contribution < -0.4 is 5.32 Å². The molecule has 2 rings (SSSR count). The molecule has 1 saturated heterocycles. The zero-order valence-corrected chi connectivity index (χ0v) is 12.4. The summed E-state index contributed by atoms with van der Waals surface area (Å²) < 4.78 is 26.0. The number of piperazine rings is 1. The topological polar surface area (TPSA) is 104 Å². The van der Waals surface area contributed by atoms with E-state index in [1.54, 1.807) is 0 Å². The van der Waals surface area contributed by atoms with Crippen molar-refractivity contribution in [3.05, 3.63) is 29.3 Å². The van der Waals surface area contributed by atoms with Crippen LogP contribution in [0.4, 0.5) is 0 Å². The Morgan fingerprint density at radius 2 is 2.00 bits per heavy atom. The summed E-state index contributed by atoms with van der Waals surface area (Å²) in [4.78, 5) is 22.6. The molecule has 1 aliphatic heterocycles. The van der Waals surface area contributed by atoms with Crippen molar-refractivity contribution >= 4 is 33.5 Å². The summed E-state index contributed by atoms with van der Waals surface area (Å²) in [6.07, 6.45) is -0.585. The van der Waals surface area contributed by atoms with Crippen molar-refractivity contribution in [3.8, 4) is 0 Å². The van der Waals surface area contributed by atoms with Gasteiger partial charge in [-0.3, -0.25) is 9.59 Å². The Morgan fingerprint density at radius 1 is 1.38 bits per heavy atom. The van der Waals surface area contributed by atoms with Crippen LogP contribution in [0.5, 0.6) is 0 Å². The highest BCUT2D eigenvalue weighted by atomic mass is 35.5. The first-order valence-electron chi connectivity index (χ1n) is 6.09. The van der Waals surface area contributed by atoms with E-state index in [0.29, 0.717) is 5.02 Å². The summed E-state index contributed by atoms with van der Waals surface area (Å²) in [6.45, 7) is 0.163. The van der Waals surface area contributed by atoms with Crippen LogP contribution >= 0.6 is 11.6 Å².